The monoisotopic (exact) mass is 380 g/mol. The highest BCUT2D eigenvalue weighted by atomic mass is 32.2. The molecule has 2 aromatic rings. The van der Waals surface area contributed by atoms with Gasteiger partial charge >= 0.3 is 5.97 Å². The number of carbonyl (C=O) groups is 2. The largest absolute Gasteiger partial charge is 0.496 e. The van der Waals surface area contributed by atoms with Crippen LogP contribution in [0.2, 0.25) is 0 Å². The fourth-order valence-electron chi connectivity index (χ4n) is 2.83. The second-order valence-electron chi connectivity index (χ2n) is 5.65. The van der Waals surface area contributed by atoms with E-state index in [1.54, 1.807) is 55.8 Å². The van der Waals surface area contributed by atoms with Gasteiger partial charge in [0.05, 0.1) is 26.8 Å². The summed E-state index contributed by atoms with van der Waals surface area (Å²) in [4.78, 5) is 24.7. The zero-order chi connectivity index (χ0) is 19.3. The molecule has 1 heterocycles. The van der Waals surface area contributed by atoms with Crippen LogP contribution >= 0.6 is 11.8 Å². The number of hydrogen-bond acceptors (Lipinski definition) is 6. The average Bonchev–Trinajstić information content (AvgIpc) is 3.01. The first-order chi connectivity index (χ1) is 12.5. The maximum absolute atomic E-state index is 12.8. The molecular formula is C18H24N2O5S. The maximum atomic E-state index is 12.8. The number of fused-ring (bicyclic) bond motifs is 1. The average molecular weight is 380 g/mol. The predicted molar refractivity (Wildman–Crippen MR) is 102 cm³/mol. The van der Waals surface area contributed by atoms with Crippen LogP contribution in [0.15, 0.2) is 18.2 Å². The number of nitrogens with one attached hydrogen (secondary N) is 1. The Morgan fingerprint density at radius 3 is 2.42 bits per heavy atom. The van der Waals surface area contributed by atoms with Gasteiger partial charge in [-0.2, -0.15) is 11.8 Å². The van der Waals surface area contributed by atoms with Crippen LogP contribution in [0.25, 0.3) is 10.9 Å². The van der Waals surface area contributed by atoms with E-state index in [2.05, 4.69) is 5.32 Å². The van der Waals surface area contributed by atoms with E-state index in [9.17, 15) is 9.59 Å². The summed E-state index contributed by atoms with van der Waals surface area (Å²) in [7, 11) is 6.23. The first-order valence-corrected chi connectivity index (χ1v) is 9.45. The van der Waals surface area contributed by atoms with Gasteiger partial charge < -0.3 is 24.1 Å². The number of hydrogen-bond donors (Lipinski definition) is 1. The molecule has 0 radical (unpaired) electrons. The van der Waals surface area contributed by atoms with Crippen LogP contribution in [0.4, 0.5) is 0 Å². The minimum atomic E-state index is -0.693. The molecule has 0 aliphatic carbocycles. The van der Waals surface area contributed by atoms with Crippen LogP contribution in [0, 0.1) is 0 Å². The molecule has 1 unspecified atom stereocenters. The zero-order valence-corrected chi connectivity index (χ0v) is 16.4. The second-order valence-corrected chi connectivity index (χ2v) is 6.64. The van der Waals surface area contributed by atoms with Gasteiger partial charge in [-0.05, 0) is 36.6 Å². The molecule has 1 N–H and O–H groups in total. The lowest BCUT2D eigenvalue weighted by atomic mass is 10.2. The van der Waals surface area contributed by atoms with Gasteiger partial charge in [0.2, 0.25) is 0 Å². The molecule has 0 aliphatic rings. The molecule has 2 rings (SSSR count). The normalized spacial score (nSPS) is 11.9. The van der Waals surface area contributed by atoms with Gasteiger partial charge in [0.25, 0.3) is 5.91 Å². The van der Waals surface area contributed by atoms with Crippen molar-refractivity contribution in [3.8, 4) is 11.5 Å². The van der Waals surface area contributed by atoms with E-state index in [0.29, 0.717) is 23.6 Å². The quantitative estimate of drug-likeness (QED) is 0.708. The number of rotatable bonds is 8. The predicted octanol–water partition coefficient (Wildman–Crippen LogP) is 2.22. The molecule has 0 saturated carbocycles. The van der Waals surface area contributed by atoms with Gasteiger partial charge in [-0.3, -0.25) is 4.79 Å². The molecule has 142 valence electrons. The van der Waals surface area contributed by atoms with E-state index in [4.69, 9.17) is 14.2 Å². The Morgan fingerprint density at radius 2 is 1.85 bits per heavy atom. The molecule has 7 nitrogen and oxygen atoms in total. The Balaban J connectivity index is 2.40. The number of carbonyl (C=O) groups excluding carboxylic acids is 2. The van der Waals surface area contributed by atoms with Crippen molar-refractivity contribution in [3.63, 3.8) is 0 Å². The van der Waals surface area contributed by atoms with E-state index >= 15 is 0 Å². The summed E-state index contributed by atoms with van der Waals surface area (Å²) in [5, 5.41) is 3.53. The topological polar surface area (TPSA) is 78.8 Å². The third kappa shape index (κ3) is 3.90. The number of ether oxygens (including phenoxy) is 3. The van der Waals surface area contributed by atoms with Crippen molar-refractivity contribution in [2.45, 2.75) is 12.5 Å². The second kappa shape index (κ2) is 8.84. The van der Waals surface area contributed by atoms with Gasteiger partial charge in [0.1, 0.15) is 23.2 Å². The lowest BCUT2D eigenvalue weighted by Crippen LogP contribution is -2.42. The Morgan fingerprint density at radius 1 is 1.19 bits per heavy atom. The summed E-state index contributed by atoms with van der Waals surface area (Å²) >= 11 is 1.60. The summed E-state index contributed by atoms with van der Waals surface area (Å²) in [6, 6.07) is 4.62. The van der Waals surface area contributed by atoms with Gasteiger partial charge in [-0.1, -0.05) is 0 Å². The van der Waals surface area contributed by atoms with Gasteiger partial charge in [0.15, 0.2) is 0 Å². The summed E-state index contributed by atoms with van der Waals surface area (Å²) < 4.78 is 17.3. The molecule has 0 fully saturated rings. The van der Waals surface area contributed by atoms with Gasteiger partial charge in [-0.25, -0.2) is 4.79 Å². The summed E-state index contributed by atoms with van der Waals surface area (Å²) in [5.74, 6) is 1.19. The van der Waals surface area contributed by atoms with Crippen molar-refractivity contribution in [1.29, 1.82) is 0 Å². The minimum Gasteiger partial charge on any atom is -0.496 e. The number of aryl methyl sites for hydroxylation is 1. The van der Waals surface area contributed by atoms with E-state index in [0.717, 1.165) is 16.7 Å². The number of thioether (sulfide) groups is 1. The Labute approximate surface area is 157 Å². The van der Waals surface area contributed by atoms with Gasteiger partial charge in [-0.15, -0.1) is 0 Å². The van der Waals surface area contributed by atoms with Crippen LogP contribution in [0.3, 0.4) is 0 Å². The van der Waals surface area contributed by atoms with E-state index in [1.807, 2.05) is 6.26 Å². The van der Waals surface area contributed by atoms with Crippen LogP contribution < -0.4 is 14.8 Å². The number of nitrogens with zero attached hydrogens (tertiary/aromatic N) is 1. The molecular weight excluding hydrogens is 356 g/mol. The standard InChI is InChI=1S/C18H24N2O5S/c1-20-13(17(21)19-12(8-9-26-5)18(22)25-4)10-11-14(23-2)6-7-15(24-3)16(11)20/h6-7,10,12H,8-9H2,1-5H3,(H,19,21). The molecule has 0 spiro atoms. The lowest BCUT2D eigenvalue weighted by molar-refractivity contribution is -0.142. The molecule has 1 aromatic heterocycles. The summed E-state index contributed by atoms with van der Waals surface area (Å²) in [6.45, 7) is 0. The van der Waals surface area contributed by atoms with Crippen LogP contribution in [-0.2, 0) is 16.6 Å². The van der Waals surface area contributed by atoms with E-state index < -0.39 is 12.0 Å². The van der Waals surface area contributed by atoms with Crippen molar-refractivity contribution in [2.24, 2.45) is 7.05 Å². The lowest BCUT2D eigenvalue weighted by Gasteiger charge is -2.16. The van der Waals surface area contributed by atoms with Crippen molar-refractivity contribution >= 4 is 34.5 Å². The fourth-order valence-corrected chi connectivity index (χ4v) is 3.30. The van der Waals surface area contributed by atoms with Gasteiger partial charge in [0, 0.05) is 12.4 Å². The number of esters is 1. The molecule has 8 heteroatoms. The third-order valence-corrected chi connectivity index (χ3v) is 4.84. The van der Waals surface area contributed by atoms with Crippen LogP contribution in [-0.4, -0.2) is 55.8 Å². The van der Waals surface area contributed by atoms with Crippen molar-refractivity contribution in [1.82, 2.24) is 9.88 Å². The Hall–Kier alpha value is -2.35. The molecule has 1 amide bonds. The fraction of sp³-hybridized carbons (Fsp3) is 0.444. The molecule has 1 atom stereocenters. The Bertz CT molecular complexity index is 802. The van der Waals surface area contributed by atoms with Crippen LogP contribution in [0.1, 0.15) is 16.9 Å². The van der Waals surface area contributed by atoms with Crippen molar-refractivity contribution in [2.75, 3.05) is 33.3 Å². The molecule has 0 saturated heterocycles. The first-order valence-electron chi connectivity index (χ1n) is 8.06. The number of aromatic nitrogens is 1. The summed E-state index contributed by atoms with van der Waals surface area (Å²) in [5.41, 5.74) is 1.15. The molecule has 26 heavy (non-hydrogen) atoms. The highest BCUT2D eigenvalue weighted by Gasteiger charge is 2.25. The zero-order valence-electron chi connectivity index (χ0n) is 15.6. The third-order valence-electron chi connectivity index (χ3n) is 4.19. The highest BCUT2D eigenvalue weighted by molar-refractivity contribution is 7.98. The molecule has 1 aromatic carbocycles. The number of methoxy groups -OCH3 is 3. The minimum absolute atomic E-state index is 0.357. The maximum Gasteiger partial charge on any atom is 0.328 e. The Kier molecular flexibility index (Phi) is 6.79. The first kappa shape index (κ1) is 20.0. The SMILES string of the molecule is COC(=O)C(CCSC)NC(=O)c1cc2c(OC)ccc(OC)c2n1C. The van der Waals surface area contributed by atoms with E-state index in [1.165, 1.54) is 7.11 Å². The molecule has 0 bridgehead atoms. The van der Waals surface area contributed by atoms with Crippen LogP contribution in [0.5, 0.6) is 11.5 Å². The van der Waals surface area contributed by atoms with E-state index in [-0.39, 0.29) is 5.91 Å². The summed E-state index contributed by atoms with van der Waals surface area (Å²) in [6.07, 6.45) is 2.44. The smallest absolute Gasteiger partial charge is 0.328 e. The highest BCUT2D eigenvalue weighted by Crippen LogP contribution is 2.35. The van der Waals surface area contributed by atoms with Crippen molar-refractivity contribution < 1.29 is 23.8 Å². The number of benzene rings is 1. The van der Waals surface area contributed by atoms with Crippen molar-refractivity contribution in [3.05, 3.63) is 23.9 Å². The molecule has 0 aliphatic heterocycles. The number of amides is 1.